The zero-order valence-corrected chi connectivity index (χ0v) is 18.0. The number of aromatic nitrogens is 2. The maximum Gasteiger partial charge on any atom is 0.286 e. The molecule has 1 atom stereocenters. The highest BCUT2D eigenvalue weighted by Gasteiger charge is 2.38. The van der Waals surface area contributed by atoms with Gasteiger partial charge >= 0.3 is 0 Å². The minimum Gasteiger partial charge on any atom is -0.320 e. The Bertz CT molecular complexity index is 1040. The number of fused-ring (bicyclic) bond motifs is 1. The molecule has 1 amide bonds. The van der Waals surface area contributed by atoms with E-state index in [2.05, 4.69) is 51.6 Å². The quantitative estimate of drug-likeness (QED) is 0.586. The third-order valence-electron chi connectivity index (χ3n) is 6.12. The molecule has 154 valence electrons. The van der Waals surface area contributed by atoms with Gasteiger partial charge in [0.1, 0.15) is 5.01 Å². The van der Waals surface area contributed by atoms with Gasteiger partial charge in [0.15, 0.2) is 0 Å². The summed E-state index contributed by atoms with van der Waals surface area (Å²) in [5.41, 5.74) is 4.97. The number of nitrogens with zero attached hydrogens (tertiary/aromatic N) is 3. The lowest BCUT2D eigenvalue weighted by Gasteiger charge is -2.28. The summed E-state index contributed by atoms with van der Waals surface area (Å²) < 4.78 is 0. The van der Waals surface area contributed by atoms with E-state index in [1.54, 1.807) is 0 Å². The second-order valence-electron chi connectivity index (χ2n) is 8.16. The molecule has 5 rings (SSSR count). The van der Waals surface area contributed by atoms with Crippen molar-refractivity contribution in [1.82, 2.24) is 15.1 Å². The predicted molar refractivity (Wildman–Crippen MR) is 120 cm³/mol. The summed E-state index contributed by atoms with van der Waals surface area (Å²) >= 11 is 1.41. The normalized spacial score (nSPS) is 17.9. The number of aryl methyl sites for hydroxylation is 2. The van der Waals surface area contributed by atoms with Crippen LogP contribution >= 0.6 is 11.3 Å². The molecular formula is C24H26N4OS. The third kappa shape index (κ3) is 4.02. The van der Waals surface area contributed by atoms with Crippen molar-refractivity contribution in [3.05, 3.63) is 75.2 Å². The lowest BCUT2D eigenvalue weighted by atomic mass is 10.1. The molecule has 2 aromatic carbocycles. The van der Waals surface area contributed by atoms with E-state index in [0.29, 0.717) is 17.1 Å². The van der Waals surface area contributed by atoms with Gasteiger partial charge in [-0.3, -0.25) is 9.69 Å². The topological polar surface area (TPSA) is 58.1 Å². The summed E-state index contributed by atoms with van der Waals surface area (Å²) in [7, 11) is 0. The number of nitrogens with one attached hydrogen (secondary N) is 1. The molecule has 30 heavy (non-hydrogen) atoms. The van der Waals surface area contributed by atoms with Gasteiger partial charge in [-0.1, -0.05) is 54.7 Å². The number of rotatable bonds is 7. The molecule has 2 aliphatic carbocycles. The Labute approximate surface area is 181 Å². The van der Waals surface area contributed by atoms with Gasteiger partial charge in [0.2, 0.25) is 5.01 Å². The van der Waals surface area contributed by atoms with Crippen LogP contribution in [0.1, 0.15) is 63.7 Å². The number of anilines is 1. The highest BCUT2D eigenvalue weighted by Crippen LogP contribution is 2.42. The van der Waals surface area contributed by atoms with Gasteiger partial charge < -0.3 is 5.32 Å². The maximum absolute atomic E-state index is 12.6. The molecule has 0 unspecified atom stereocenters. The van der Waals surface area contributed by atoms with Gasteiger partial charge in [0.05, 0.1) is 6.54 Å². The van der Waals surface area contributed by atoms with Gasteiger partial charge in [0.25, 0.3) is 5.91 Å². The minimum absolute atomic E-state index is 0.188. The van der Waals surface area contributed by atoms with E-state index in [4.69, 9.17) is 0 Å². The second kappa shape index (κ2) is 8.28. The Morgan fingerprint density at radius 1 is 1.10 bits per heavy atom. The number of carbonyl (C=O) groups excluding carboxylic acids is 1. The van der Waals surface area contributed by atoms with E-state index in [9.17, 15) is 4.79 Å². The molecular weight excluding hydrogens is 392 g/mol. The van der Waals surface area contributed by atoms with Gasteiger partial charge in [-0.15, -0.1) is 10.2 Å². The fourth-order valence-electron chi connectivity index (χ4n) is 4.35. The lowest BCUT2D eigenvalue weighted by molar-refractivity contribution is 0.102. The van der Waals surface area contributed by atoms with Crippen LogP contribution in [-0.2, 0) is 19.4 Å². The minimum atomic E-state index is -0.188. The molecule has 1 fully saturated rings. The first-order valence-corrected chi connectivity index (χ1v) is 11.6. The van der Waals surface area contributed by atoms with E-state index in [1.807, 2.05) is 24.3 Å². The van der Waals surface area contributed by atoms with Crippen molar-refractivity contribution in [1.29, 1.82) is 0 Å². The van der Waals surface area contributed by atoms with Crippen molar-refractivity contribution in [3.8, 4) is 0 Å². The van der Waals surface area contributed by atoms with Gasteiger partial charge in [0, 0.05) is 17.8 Å². The molecule has 1 aromatic heterocycles. The fourth-order valence-corrected chi connectivity index (χ4v) is 5.10. The van der Waals surface area contributed by atoms with Crippen molar-refractivity contribution in [3.63, 3.8) is 0 Å². The Morgan fingerprint density at radius 2 is 1.90 bits per heavy atom. The molecule has 0 radical (unpaired) electrons. The summed E-state index contributed by atoms with van der Waals surface area (Å²) in [4.78, 5) is 15.2. The van der Waals surface area contributed by atoms with Gasteiger partial charge in [-0.25, -0.2) is 0 Å². The standard InChI is InChI=1S/C24H26N4OS/c1-2-16-7-10-18(11-8-16)25-23(29)24-27-26-22(30-24)15-28(19-12-13-19)21-14-9-17-5-3-4-6-20(17)21/h3-8,10-11,19,21H,2,9,12-15H2,1H3,(H,25,29)/t21-/m1/s1. The van der Waals surface area contributed by atoms with Crippen LogP contribution in [0.2, 0.25) is 0 Å². The van der Waals surface area contributed by atoms with Crippen LogP contribution in [0.25, 0.3) is 0 Å². The zero-order chi connectivity index (χ0) is 20.5. The first kappa shape index (κ1) is 19.4. The van der Waals surface area contributed by atoms with E-state index < -0.39 is 0 Å². The number of benzene rings is 2. The van der Waals surface area contributed by atoms with E-state index in [0.717, 1.165) is 36.5 Å². The average molecular weight is 419 g/mol. The monoisotopic (exact) mass is 418 g/mol. The highest BCUT2D eigenvalue weighted by atomic mass is 32.1. The van der Waals surface area contributed by atoms with E-state index >= 15 is 0 Å². The molecule has 3 aromatic rings. The summed E-state index contributed by atoms with van der Waals surface area (Å²) in [5, 5.41) is 12.8. The second-order valence-corrected chi connectivity index (χ2v) is 9.22. The van der Waals surface area contributed by atoms with Crippen molar-refractivity contribution >= 4 is 22.9 Å². The molecule has 0 aliphatic heterocycles. The van der Waals surface area contributed by atoms with Crippen LogP contribution in [0.3, 0.4) is 0 Å². The average Bonchev–Trinajstić information content (AvgIpc) is 3.36. The van der Waals surface area contributed by atoms with Crippen LogP contribution in [0.15, 0.2) is 48.5 Å². The first-order valence-electron chi connectivity index (χ1n) is 10.8. The molecule has 0 saturated heterocycles. The highest BCUT2D eigenvalue weighted by molar-refractivity contribution is 7.13. The Hall–Kier alpha value is -2.57. The number of carbonyl (C=O) groups is 1. The summed E-state index contributed by atoms with van der Waals surface area (Å²) in [5.74, 6) is -0.188. The van der Waals surface area contributed by atoms with Crippen molar-refractivity contribution < 1.29 is 4.79 Å². The summed E-state index contributed by atoms with van der Waals surface area (Å²) in [6.45, 7) is 2.88. The van der Waals surface area contributed by atoms with Crippen molar-refractivity contribution in [2.24, 2.45) is 0 Å². The van der Waals surface area contributed by atoms with Gasteiger partial charge in [-0.2, -0.15) is 0 Å². The molecule has 0 spiro atoms. The number of hydrogen-bond donors (Lipinski definition) is 1. The summed E-state index contributed by atoms with van der Waals surface area (Å²) in [6, 6.07) is 17.8. The van der Waals surface area contributed by atoms with Crippen LogP contribution in [-0.4, -0.2) is 27.0 Å². The molecule has 0 bridgehead atoms. The lowest BCUT2D eigenvalue weighted by Crippen LogP contribution is -2.29. The predicted octanol–water partition coefficient (Wildman–Crippen LogP) is 5.00. The van der Waals surface area contributed by atoms with Crippen molar-refractivity contribution in [2.75, 3.05) is 5.32 Å². The maximum atomic E-state index is 12.6. The SMILES string of the molecule is CCc1ccc(NC(=O)c2nnc(CN(C3CC3)[C@@H]3CCc4ccccc43)s2)cc1. The Morgan fingerprint density at radius 3 is 2.67 bits per heavy atom. The van der Waals surface area contributed by atoms with Crippen LogP contribution < -0.4 is 5.32 Å². The molecule has 1 heterocycles. The van der Waals surface area contributed by atoms with Crippen LogP contribution in [0.5, 0.6) is 0 Å². The number of hydrogen-bond acceptors (Lipinski definition) is 5. The first-order chi connectivity index (χ1) is 14.7. The van der Waals surface area contributed by atoms with E-state index in [-0.39, 0.29) is 5.91 Å². The van der Waals surface area contributed by atoms with Crippen LogP contribution in [0, 0.1) is 0 Å². The molecule has 1 saturated carbocycles. The largest absolute Gasteiger partial charge is 0.320 e. The molecule has 5 nitrogen and oxygen atoms in total. The fraction of sp³-hybridized carbons (Fsp3) is 0.375. The Balaban J connectivity index is 1.28. The van der Waals surface area contributed by atoms with Crippen LogP contribution in [0.4, 0.5) is 5.69 Å². The van der Waals surface area contributed by atoms with Crippen molar-refractivity contribution in [2.45, 2.75) is 57.7 Å². The molecule has 6 heteroatoms. The zero-order valence-electron chi connectivity index (χ0n) is 17.2. The smallest absolute Gasteiger partial charge is 0.286 e. The number of amides is 1. The summed E-state index contributed by atoms with van der Waals surface area (Å²) in [6.07, 6.45) is 5.79. The third-order valence-corrected chi connectivity index (χ3v) is 7.02. The molecule has 1 N–H and O–H groups in total. The van der Waals surface area contributed by atoms with Gasteiger partial charge in [-0.05, 0) is 60.9 Å². The van der Waals surface area contributed by atoms with E-state index in [1.165, 1.54) is 40.9 Å². The Kier molecular flexibility index (Phi) is 5.35. The molecule has 2 aliphatic rings.